The number of nitrogens with one attached hydrogen (secondary N) is 2. The normalized spacial score (nSPS) is 18.2. The van der Waals surface area contributed by atoms with Gasteiger partial charge in [0.15, 0.2) is 0 Å². The molecule has 4 rings (SSSR count). The monoisotopic (exact) mass is 353 g/mol. The number of H-pyrrole nitrogens is 1. The molecule has 0 saturated heterocycles. The van der Waals surface area contributed by atoms with Crippen LogP contribution in [0.4, 0.5) is 5.82 Å². The molecule has 0 unspecified atom stereocenters. The van der Waals surface area contributed by atoms with Gasteiger partial charge in [0.05, 0.1) is 22.8 Å². The smallest absolute Gasteiger partial charge is 0.337 e. The van der Waals surface area contributed by atoms with E-state index in [1.54, 1.807) is 0 Å². The van der Waals surface area contributed by atoms with Gasteiger partial charge in [-0.2, -0.15) is 0 Å². The first-order chi connectivity index (χ1) is 12.5. The summed E-state index contributed by atoms with van der Waals surface area (Å²) >= 11 is 0. The van der Waals surface area contributed by atoms with E-state index in [0.29, 0.717) is 29.2 Å². The van der Waals surface area contributed by atoms with Crippen molar-refractivity contribution in [2.45, 2.75) is 32.7 Å². The Morgan fingerprint density at radius 3 is 2.54 bits per heavy atom. The number of carbonyl (C=O) groups excluding carboxylic acids is 1. The summed E-state index contributed by atoms with van der Waals surface area (Å²) in [5.74, 6) is -0.566. The maximum Gasteiger partial charge on any atom is 0.337 e. The second-order valence-electron chi connectivity index (χ2n) is 6.39. The van der Waals surface area contributed by atoms with E-state index in [2.05, 4.69) is 17.2 Å². The highest BCUT2D eigenvalue weighted by Gasteiger charge is 2.41. The summed E-state index contributed by atoms with van der Waals surface area (Å²) in [6.07, 6.45) is 0.898. The van der Waals surface area contributed by atoms with E-state index in [1.165, 1.54) is 10.1 Å². The van der Waals surface area contributed by atoms with Gasteiger partial charge in [0.1, 0.15) is 12.4 Å². The van der Waals surface area contributed by atoms with Crippen molar-refractivity contribution in [1.29, 1.82) is 0 Å². The number of anilines is 1. The molecule has 0 bridgehead atoms. The lowest BCUT2D eigenvalue weighted by Crippen LogP contribution is -2.38. The molecule has 2 aliphatic rings. The predicted octanol–water partition coefficient (Wildman–Crippen LogP) is 1.49. The number of esters is 1. The Bertz CT molecular complexity index is 1040. The lowest BCUT2D eigenvalue weighted by molar-refractivity contribution is -0.136. The second kappa shape index (κ2) is 6.01. The molecule has 7 heteroatoms. The average molecular weight is 353 g/mol. The van der Waals surface area contributed by atoms with Crippen LogP contribution in [0.1, 0.15) is 36.5 Å². The third kappa shape index (κ3) is 2.31. The number of aromatic nitrogens is 2. The molecular formula is C19H19N3O4. The van der Waals surface area contributed by atoms with Gasteiger partial charge in [-0.25, -0.2) is 9.59 Å². The predicted molar refractivity (Wildman–Crippen MR) is 96.3 cm³/mol. The van der Waals surface area contributed by atoms with Crippen LogP contribution >= 0.6 is 0 Å². The second-order valence-corrected chi connectivity index (χ2v) is 6.39. The van der Waals surface area contributed by atoms with Crippen molar-refractivity contribution in [2.75, 3.05) is 11.9 Å². The first-order valence-electron chi connectivity index (χ1n) is 8.68. The number of carbonyl (C=O) groups is 1. The van der Waals surface area contributed by atoms with E-state index in [1.807, 2.05) is 31.2 Å². The van der Waals surface area contributed by atoms with E-state index in [4.69, 9.17) is 4.74 Å². The van der Waals surface area contributed by atoms with Crippen molar-refractivity contribution < 1.29 is 9.53 Å². The molecule has 1 aromatic heterocycles. The molecule has 0 saturated carbocycles. The molecule has 0 fully saturated rings. The summed E-state index contributed by atoms with van der Waals surface area (Å²) in [7, 11) is 0. The first kappa shape index (κ1) is 16.4. The fourth-order valence-corrected chi connectivity index (χ4v) is 3.67. The summed E-state index contributed by atoms with van der Waals surface area (Å²) in [4.78, 5) is 39.6. The maximum atomic E-state index is 12.7. The number of ether oxygens (including phenoxy) is 1. The van der Waals surface area contributed by atoms with Gasteiger partial charge in [-0.15, -0.1) is 0 Å². The SMILES string of the molecule is CCc1ccc([C@@H]2C3=C(COC3=O)Nc3c2c(=O)[nH]c(=O)n3CC)cc1. The van der Waals surface area contributed by atoms with Gasteiger partial charge in [0.2, 0.25) is 0 Å². The van der Waals surface area contributed by atoms with Gasteiger partial charge in [-0.3, -0.25) is 14.3 Å². The van der Waals surface area contributed by atoms with Gasteiger partial charge >= 0.3 is 11.7 Å². The number of aryl methyl sites for hydroxylation is 1. The fourth-order valence-electron chi connectivity index (χ4n) is 3.67. The van der Waals surface area contributed by atoms with Crippen molar-refractivity contribution in [1.82, 2.24) is 9.55 Å². The van der Waals surface area contributed by atoms with Crippen molar-refractivity contribution >= 4 is 11.8 Å². The van der Waals surface area contributed by atoms with E-state index < -0.39 is 23.1 Å². The number of hydrogen-bond acceptors (Lipinski definition) is 5. The summed E-state index contributed by atoms with van der Waals surface area (Å²) < 4.78 is 6.67. The Labute approximate surface area is 149 Å². The zero-order valence-electron chi connectivity index (χ0n) is 14.6. The van der Waals surface area contributed by atoms with Crippen molar-refractivity contribution in [3.8, 4) is 0 Å². The van der Waals surface area contributed by atoms with Gasteiger partial charge in [-0.05, 0) is 24.5 Å². The number of aromatic amines is 1. The van der Waals surface area contributed by atoms with Crippen LogP contribution in [0.25, 0.3) is 0 Å². The Morgan fingerprint density at radius 1 is 1.15 bits per heavy atom. The summed E-state index contributed by atoms with van der Waals surface area (Å²) in [6.45, 7) is 4.40. The molecule has 0 aliphatic carbocycles. The highest BCUT2D eigenvalue weighted by molar-refractivity contribution is 5.96. The highest BCUT2D eigenvalue weighted by Crippen LogP contribution is 2.42. The molecule has 3 heterocycles. The van der Waals surface area contributed by atoms with Crippen LogP contribution in [0.15, 0.2) is 45.1 Å². The van der Waals surface area contributed by atoms with E-state index in [0.717, 1.165) is 12.0 Å². The Hall–Kier alpha value is -3.09. The molecule has 26 heavy (non-hydrogen) atoms. The van der Waals surface area contributed by atoms with Crippen LogP contribution < -0.4 is 16.6 Å². The number of hydrogen-bond donors (Lipinski definition) is 2. The van der Waals surface area contributed by atoms with Crippen LogP contribution in [0, 0.1) is 0 Å². The van der Waals surface area contributed by atoms with Gasteiger partial charge in [0.25, 0.3) is 5.56 Å². The molecule has 0 spiro atoms. The fraction of sp³-hybridized carbons (Fsp3) is 0.316. The van der Waals surface area contributed by atoms with Crippen LogP contribution in [0.2, 0.25) is 0 Å². The number of rotatable bonds is 3. The van der Waals surface area contributed by atoms with Crippen LogP contribution in [0.5, 0.6) is 0 Å². The topological polar surface area (TPSA) is 93.2 Å². The first-order valence-corrected chi connectivity index (χ1v) is 8.68. The lowest BCUT2D eigenvalue weighted by Gasteiger charge is -2.28. The Balaban J connectivity index is 2.00. The molecule has 7 nitrogen and oxygen atoms in total. The Kier molecular flexibility index (Phi) is 3.79. The van der Waals surface area contributed by atoms with Crippen molar-refractivity contribution in [2.24, 2.45) is 0 Å². The number of fused-ring (bicyclic) bond motifs is 1. The molecule has 134 valence electrons. The molecular weight excluding hydrogens is 334 g/mol. The zero-order chi connectivity index (χ0) is 18.4. The lowest BCUT2D eigenvalue weighted by atomic mass is 9.82. The summed E-state index contributed by atoms with van der Waals surface area (Å²) in [5.41, 5.74) is 2.44. The molecule has 2 aromatic rings. The number of benzene rings is 1. The van der Waals surface area contributed by atoms with Crippen LogP contribution in [-0.2, 0) is 22.5 Å². The average Bonchev–Trinajstić information content (AvgIpc) is 3.01. The minimum atomic E-state index is -0.565. The van der Waals surface area contributed by atoms with Gasteiger partial charge in [-0.1, -0.05) is 31.2 Å². The minimum absolute atomic E-state index is 0.113. The number of nitrogens with zero attached hydrogens (tertiary/aromatic N) is 1. The molecule has 1 aromatic carbocycles. The molecule has 1 atom stereocenters. The van der Waals surface area contributed by atoms with Crippen LogP contribution in [-0.4, -0.2) is 22.1 Å². The summed E-state index contributed by atoms with van der Waals surface area (Å²) in [5, 5.41) is 3.09. The van der Waals surface area contributed by atoms with Crippen molar-refractivity contribution in [3.05, 3.63) is 73.1 Å². The van der Waals surface area contributed by atoms with E-state index >= 15 is 0 Å². The largest absolute Gasteiger partial charge is 0.456 e. The highest BCUT2D eigenvalue weighted by atomic mass is 16.5. The van der Waals surface area contributed by atoms with Gasteiger partial charge < -0.3 is 10.1 Å². The number of cyclic esters (lactones) is 1. The third-order valence-corrected chi connectivity index (χ3v) is 5.01. The summed E-state index contributed by atoms with van der Waals surface area (Å²) in [6, 6.07) is 7.83. The quantitative estimate of drug-likeness (QED) is 0.816. The Morgan fingerprint density at radius 2 is 1.88 bits per heavy atom. The van der Waals surface area contributed by atoms with Gasteiger partial charge in [0, 0.05) is 6.54 Å². The minimum Gasteiger partial charge on any atom is -0.456 e. The molecule has 0 amide bonds. The molecule has 2 aliphatic heterocycles. The standard InChI is InChI=1S/C19H19N3O4/c1-3-10-5-7-11(8-6-10)13-14-12(9-26-18(14)24)20-16-15(13)17(23)21-19(25)22(16)4-2/h5-8,13,20H,3-4,9H2,1-2H3,(H,21,23,25)/t13-/m1/s1. The van der Waals surface area contributed by atoms with E-state index in [-0.39, 0.29) is 6.61 Å². The molecule has 0 radical (unpaired) electrons. The molecule has 2 N–H and O–H groups in total. The van der Waals surface area contributed by atoms with Crippen molar-refractivity contribution in [3.63, 3.8) is 0 Å². The van der Waals surface area contributed by atoms with E-state index in [9.17, 15) is 14.4 Å². The third-order valence-electron chi connectivity index (χ3n) is 5.01. The maximum absolute atomic E-state index is 12.7. The zero-order valence-corrected chi connectivity index (χ0v) is 14.6. The van der Waals surface area contributed by atoms with Crippen LogP contribution in [0.3, 0.4) is 0 Å².